The molecule has 1 heterocycles. The Bertz CT molecular complexity index is 458. The van der Waals surface area contributed by atoms with Gasteiger partial charge in [0.25, 0.3) is 0 Å². The molecule has 0 amide bonds. The average molecular weight is 268 g/mol. The van der Waals surface area contributed by atoms with Crippen molar-refractivity contribution in [2.24, 2.45) is 5.73 Å². The Hall–Kier alpha value is -0.870. The summed E-state index contributed by atoms with van der Waals surface area (Å²) in [6.07, 6.45) is -0.0497. The van der Waals surface area contributed by atoms with E-state index in [1.54, 1.807) is 11.3 Å². The molecule has 1 aromatic carbocycles. The lowest BCUT2D eigenvalue weighted by Gasteiger charge is -2.15. The van der Waals surface area contributed by atoms with Crippen LogP contribution in [0.25, 0.3) is 0 Å². The molecule has 0 fully saturated rings. The van der Waals surface area contributed by atoms with Crippen LogP contribution in [0.3, 0.4) is 0 Å². The van der Waals surface area contributed by atoms with Crippen LogP contribution < -0.4 is 5.73 Å². The van der Waals surface area contributed by atoms with Crippen LogP contribution in [0.4, 0.5) is 0 Å². The second-order valence-electron chi connectivity index (χ2n) is 3.64. The minimum Gasteiger partial charge on any atom is -0.367 e. The van der Waals surface area contributed by atoms with Crippen molar-refractivity contribution in [1.82, 2.24) is 0 Å². The highest BCUT2D eigenvalue weighted by Crippen LogP contribution is 2.24. The van der Waals surface area contributed by atoms with Crippen LogP contribution in [-0.2, 0) is 11.3 Å². The molecule has 90 valence electrons. The van der Waals surface area contributed by atoms with Gasteiger partial charge in [-0.25, -0.2) is 0 Å². The Morgan fingerprint density at radius 1 is 1.24 bits per heavy atom. The zero-order valence-corrected chi connectivity index (χ0v) is 10.9. The smallest absolute Gasteiger partial charge is 0.104 e. The van der Waals surface area contributed by atoms with Gasteiger partial charge in [0.05, 0.1) is 6.61 Å². The molecule has 2 N–H and O–H groups in total. The first-order chi connectivity index (χ1) is 8.31. The molecule has 0 aliphatic carbocycles. The van der Waals surface area contributed by atoms with E-state index in [0.29, 0.717) is 13.2 Å². The van der Waals surface area contributed by atoms with Crippen molar-refractivity contribution in [1.29, 1.82) is 0 Å². The second-order valence-corrected chi connectivity index (χ2v) is 5.03. The molecule has 0 spiro atoms. The van der Waals surface area contributed by atoms with Gasteiger partial charge < -0.3 is 10.5 Å². The maximum atomic E-state index is 6.07. The lowest BCUT2D eigenvalue weighted by atomic mass is 10.2. The molecular formula is C13H14ClNOS. The topological polar surface area (TPSA) is 35.2 Å². The third kappa shape index (κ3) is 3.30. The summed E-state index contributed by atoms with van der Waals surface area (Å²) in [6.45, 7) is 0.963. The zero-order chi connectivity index (χ0) is 12.1. The fourth-order valence-electron chi connectivity index (χ4n) is 1.55. The summed E-state index contributed by atoms with van der Waals surface area (Å²) in [7, 11) is 0. The number of halogens is 1. The minimum atomic E-state index is -0.0497. The largest absolute Gasteiger partial charge is 0.367 e. The van der Waals surface area contributed by atoms with E-state index >= 15 is 0 Å². The predicted octanol–water partition coefficient (Wildman–Crippen LogP) is 3.62. The number of ether oxygens (including phenoxy) is 1. The van der Waals surface area contributed by atoms with Crippen LogP contribution in [-0.4, -0.2) is 6.54 Å². The third-order valence-corrected chi connectivity index (χ3v) is 3.81. The molecule has 1 aromatic heterocycles. The molecule has 2 nitrogen and oxygen atoms in total. The van der Waals surface area contributed by atoms with Crippen molar-refractivity contribution < 1.29 is 4.74 Å². The standard InChI is InChI=1S/C13H14ClNOS/c14-11-5-2-1-4-10(11)9-16-12(8-15)13-6-3-7-17-13/h1-7,12H,8-9,15H2. The van der Waals surface area contributed by atoms with Crippen molar-refractivity contribution in [3.63, 3.8) is 0 Å². The molecule has 4 heteroatoms. The molecule has 0 saturated heterocycles. The van der Waals surface area contributed by atoms with Gasteiger partial charge in [-0.3, -0.25) is 0 Å². The summed E-state index contributed by atoms with van der Waals surface area (Å²) < 4.78 is 5.80. The number of rotatable bonds is 5. The highest BCUT2D eigenvalue weighted by Gasteiger charge is 2.11. The molecule has 0 aliphatic heterocycles. The van der Waals surface area contributed by atoms with Gasteiger partial charge in [0.2, 0.25) is 0 Å². The van der Waals surface area contributed by atoms with Crippen LogP contribution in [0.2, 0.25) is 5.02 Å². The molecule has 2 rings (SSSR count). The number of thiophene rings is 1. The maximum absolute atomic E-state index is 6.07. The lowest BCUT2D eigenvalue weighted by Crippen LogP contribution is -2.14. The molecule has 0 aliphatic rings. The van der Waals surface area contributed by atoms with Crippen molar-refractivity contribution in [2.45, 2.75) is 12.7 Å². The summed E-state index contributed by atoms with van der Waals surface area (Å²) in [5, 5.41) is 2.76. The normalized spacial score (nSPS) is 12.6. The van der Waals surface area contributed by atoms with E-state index in [2.05, 4.69) is 0 Å². The Morgan fingerprint density at radius 3 is 2.71 bits per heavy atom. The van der Waals surface area contributed by atoms with Crippen LogP contribution >= 0.6 is 22.9 Å². The van der Waals surface area contributed by atoms with Gasteiger partial charge in [0, 0.05) is 16.4 Å². The first-order valence-electron chi connectivity index (χ1n) is 5.39. The van der Waals surface area contributed by atoms with E-state index in [9.17, 15) is 0 Å². The Labute approximate surface area is 110 Å². The molecule has 0 bridgehead atoms. The van der Waals surface area contributed by atoms with E-state index in [4.69, 9.17) is 22.1 Å². The molecular weight excluding hydrogens is 254 g/mol. The van der Waals surface area contributed by atoms with E-state index < -0.39 is 0 Å². The lowest BCUT2D eigenvalue weighted by molar-refractivity contribution is 0.0480. The monoisotopic (exact) mass is 267 g/mol. The summed E-state index contributed by atoms with van der Waals surface area (Å²) >= 11 is 7.72. The predicted molar refractivity (Wildman–Crippen MR) is 72.4 cm³/mol. The Kier molecular flexibility index (Phi) is 4.57. The van der Waals surface area contributed by atoms with Gasteiger partial charge in [-0.05, 0) is 23.1 Å². The molecule has 1 atom stereocenters. The quantitative estimate of drug-likeness (QED) is 0.898. The molecule has 0 saturated carbocycles. The molecule has 2 aromatic rings. The van der Waals surface area contributed by atoms with Crippen molar-refractivity contribution >= 4 is 22.9 Å². The van der Waals surface area contributed by atoms with E-state index in [1.165, 1.54) is 0 Å². The first-order valence-corrected chi connectivity index (χ1v) is 6.65. The van der Waals surface area contributed by atoms with Crippen LogP contribution in [0.5, 0.6) is 0 Å². The van der Waals surface area contributed by atoms with Crippen LogP contribution in [0.15, 0.2) is 41.8 Å². The maximum Gasteiger partial charge on any atom is 0.104 e. The fourth-order valence-corrected chi connectivity index (χ4v) is 2.52. The van der Waals surface area contributed by atoms with Crippen molar-refractivity contribution in [3.05, 3.63) is 57.2 Å². The van der Waals surface area contributed by atoms with Gasteiger partial charge in [-0.1, -0.05) is 35.9 Å². The molecule has 1 unspecified atom stereocenters. The number of hydrogen-bond donors (Lipinski definition) is 1. The van der Waals surface area contributed by atoms with Gasteiger partial charge in [0.1, 0.15) is 6.10 Å². The van der Waals surface area contributed by atoms with E-state index in [0.717, 1.165) is 15.5 Å². The number of benzene rings is 1. The second kappa shape index (κ2) is 6.17. The fraction of sp³-hybridized carbons (Fsp3) is 0.231. The minimum absolute atomic E-state index is 0.0497. The van der Waals surface area contributed by atoms with E-state index in [-0.39, 0.29) is 6.10 Å². The van der Waals surface area contributed by atoms with Crippen LogP contribution in [0, 0.1) is 0 Å². The first kappa shape index (κ1) is 12.6. The summed E-state index contributed by atoms with van der Waals surface area (Å²) in [4.78, 5) is 1.15. The Balaban J connectivity index is 2.00. The van der Waals surface area contributed by atoms with Crippen LogP contribution in [0.1, 0.15) is 16.5 Å². The third-order valence-electron chi connectivity index (χ3n) is 2.47. The van der Waals surface area contributed by atoms with Gasteiger partial charge in [-0.2, -0.15) is 0 Å². The SMILES string of the molecule is NCC(OCc1ccccc1Cl)c1cccs1. The molecule has 17 heavy (non-hydrogen) atoms. The Morgan fingerprint density at radius 2 is 2.06 bits per heavy atom. The van der Waals surface area contributed by atoms with Gasteiger partial charge in [-0.15, -0.1) is 11.3 Å². The van der Waals surface area contributed by atoms with E-state index in [1.807, 2.05) is 41.8 Å². The summed E-state index contributed by atoms with van der Waals surface area (Å²) in [5.41, 5.74) is 6.70. The van der Waals surface area contributed by atoms with Crippen molar-refractivity contribution in [3.8, 4) is 0 Å². The average Bonchev–Trinajstić information content (AvgIpc) is 2.86. The summed E-state index contributed by atoms with van der Waals surface area (Å²) in [6, 6.07) is 11.7. The highest BCUT2D eigenvalue weighted by molar-refractivity contribution is 7.10. The zero-order valence-electron chi connectivity index (χ0n) is 9.30. The highest BCUT2D eigenvalue weighted by atomic mass is 35.5. The number of nitrogens with two attached hydrogens (primary N) is 1. The van der Waals surface area contributed by atoms with Gasteiger partial charge in [0.15, 0.2) is 0 Å². The molecule has 0 radical (unpaired) electrons. The van der Waals surface area contributed by atoms with Crippen molar-refractivity contribution in [2.75, 3.05) is 6.54 Å². The number of hydrogen-bond acceptors (Lipinski definition) is 3. The van der Waals surface area contributed by atoms with Gasteiger partial charge >= 0.3 is 0 Å². The summed E-state index contributed by atoms with van der Waals surface area (Å²) in [5.74, 6) is 0.